The Morgan fingerprint density at radius 3 is 2.70 bits per heavy atom. The first-order valence-corrected chi connectivity index (χ1v) is 12.5. The maximum absolute atomic E-state index is 14.8. The van der Waals surface area contributed by atoms with E-state index in [1.54, 1.807) is 18.2 Å². The Morgan fingerprint density at radius 1 is 1.27 bits per heavy atom. The molecule has 0 radical (unpaired) electrons. The van der Waals surface area contributed by atoms with Gasteiger partial charge in [-0.25, -0.2) is 9.18 Å². The number of nitrogens with one attached hydrogen (secondary N) is 1. The van der Waals surface area contributed by atoms with E-state index in [4.69, 9.17) is 10.4 Å². The van der Waals surface area contributed by atoms with Gasteiger partial charge < -0.3 is 30.7 Å². The molecule has 210 valence electrons. The fourth-order valence-electron chi connectivity index (χ4n) is 4.70. The molecule has 0 spiro atoms. The van der Waals surface area contributed by atoms with Crippen LogP contribution in [0, 0.1) is 5.82 Å². The van der Waals surface area contributed by atoms with Crippen molar-refractivity contribution in [3.63, 3.8) is 0 Å². The molecule has 2 aliphatic rings. The number of aromatic nitrogens is 1. The summed E-state index contributed by atoms with van der Waals surface area (Å²) in [5.41, 5.74) is 5.75. The average molecular weight is 555 g/mol. The van der Waals surface area contributed by atoms with E-state index in [0.29, 0.717) is 16.5 Å². The van der Waals surface area contributed by atoms with Crippen molar-refractivity contribution in [3.05, 3.63) is 53.1 Å². The number of fused-ring (bicyclic) bond motifs is 1. The summed E-state index contributed by atoms with van der Waals surface area (Å²) in [6.07, 6.45) is 0.587. The molecule has 4 amide bonds. The van der Waals surface area contributed by atoms with Crippen LogP contribution in [-0.4, -0.2) is 87.6 Å². The molecule has 2 atom stereocenters. The normalized spacial score (nSPS) is 17.7. The molecule has 1 fully saturated rings. The Bertz CT molecular complexity index is 1370. The summed E-state index contributed by atoms with van der Waals surface area (Å²) in [6, 6.07) is 2.70. The van der Waals surface area contributed by atoms with Crippen LogP contribution < -0.4 is 15.7 Å². The number of amides is 4. The molecule has 2 aliphatic heterocycles. The highest BCUT2D eigenvalue weighted by molar-refractivity contribution is 6.47. The molecule has 1 saturated heterocycles. The Labute approximate surface area is 228 Å². The molecule has 0 aliphatic carbocycles. The summed E-state index contributed by atoms with van der Waals surface area (Å²) < 4.78 is 20.4. The van der Waals surface area contributed by atoms with Gasteiger partial charge in [0.15, 0.2) is 17.4 Å². The second-order valence-corrected chi connectivity index (χ2v) is 9.47. The van der Waals surface area contributed by atoms with E-state index in [-0.39, 0.29) is 49.7 Å². The minimum Gasteiger partial charge on any atom is -0.535 e. The summed E-state index contributed by atoms with van der Waals surface area (Å²) in [6.45, 7) is 1.42. The number of carbonyl (C=O) groups excluding carboxylic acids is 5. The number of rotatable bonds is 8. The number of hydrogen-bond acceptors (Lipinski definition) is 10. The first kappa shape index (κ1) is 28.6. The summed E-state index contributed by atoms with van der Waals surface area (Å²) in [4.78, 5) is 68.9. The van der Waals surface area contributed by atoms with Crippen LogP contribution in [0.3, 0.4) is 0 Å². The van der Waals surface area contributed by atoms with E-state index in [1.165, 1.54) is 11.8 Å². The van der Waals surface area contributed by atoms with Crippen LogP contribution in [0.5, 0.6) is 11.5 Å². The largest absolute Gasteiger partial charge is 0.535 e. The quantitative estimate of drug-likeness (QED) is 0.195. The van der Waals surface area contributed by atoms with Crippen LogP contribution >= 0.6 is 0 Å². The summed E-state index contributed by atoms with van der Waals surface area (Å²) in [7, 11) is -1.50. The Kier molecular flexibility index (Phi) is 8.45. The van der Waals surface area contributed by atoms with E-state index in [1.807, 2.05) is 0 Å². The van der Waals surface area contributed by atoms with Crippen LogP contribution in [0.15, 0.2) is 30.5 Å². The number of para-hydroxylation sites is 1. The predicted molar refractivity (Wildman–Crippen MR) is 137 cm³/mol. The van der Waals surface area contributed by atoms with Gasteiger partial charge in [0.2, 0.25) is 0 Å². The maximum Gasteiger partial charge on any atom is 0.526 e. The first-order chi connectivity index (χ1) is 19.0. The lowest BCUT2D eigenvalue weighted by molar-refractivity contribution is -0.153. The van der Waals surface area contributed by atoms with Crippen LogP contribution in [0.2, 0.25) is 5.82 Å². The van der Waals surface area contributed by atoms with E-state index < -0.39 is 66.3 Å². The molecule has 4 rings (SSSR count). The Balaban J connectivity index is 1.57. The van der Waals surface area contributed by atoms with Crippen molar-refractivity contribution in [3.8, 4) is 11.5 Å². The van der Waals surface area contributed by atoms with Gasteiger partial charge in [-0.2, -0.15) is 0 Å². The number of ketones is 2. The maximum atomic E-state index is 14.8. The highest BCUT2D eigenvalue weighted by Gasteiger charge is 2.41. The van der Waals surface area contributed by atoms with Gasteiger partial charge in [-0.3, -0.25) is 29.1 Å². The van der Waals surface area contributed by atoms with E-state index in [0.717, 1.165) is 6.20 Å². The second-order valence-electron chi connectivity index (χ2n) is 9.47. The fourth-order valence-corrected chi connectivity index (χ4v) is 4.70. The molecule has 1 aromatic carbocycles. The van der Waals surface area contributed by atoms with Crippen molar-refractivity contribution in [2.24, 2.45) is 5.73 Å². The lowest BCUT2D eigenvalue weighted by atomic mass is 9.64. The number of aromatic hydroxyl groups is 1. The summed E-state index contributed by atoms with van der Waals surface area (Å²) >= 11 is 0. The smallest absolute Gasteiger partial charge is 0.526 e. The zero-order valence-corrected chi connectivity index (χ0v) is 21.5. The van der Waals surface area contributed by atoms with Crippen molar-refractivity contribution in [1.29, 1.82) is 0 Å². The molecular formula is C25H27BFN5O8. The molecule has 5 N–H and O–H groups in total. The molecule has 0 unspecified atom stereocenters. The zero-order valence-electron chi connectivity index (χ0n) is 21.5. The van der Waals surface area contributed by atoms with Crippen LogP contribution in [0.4, 0.5) is 9.18 Å². The molecule has 0 bridgehead atoms. The predicted octanol–water partition coefficient (Wildman–Crippen LogP) is -0.0459. The molecule has 2 aromatic rings. The lowest BCUT2D eigenvalue weighted by Crippen LogP contribution is -2.59. The fraction of sp³-hybridized carbons (Fsp3) is 0.360. The van der Waals surface area contributed by atoms with Crippen LogP contribution in [0.25, 0.3) is 0 Å². The van der Waals surface area contributed by atoms with Gasteiger partial charge in [-0.05, 0) is 25.0 Å². The van der Waals surface area contributed by atoms with Crippen molar-refractivity contribution >= 4 is 36.5 Å². The van der Waals surface area contributed by atoms with Gasteiger partial charge in [-0.1, -0.05) is 12.1 Å². The minimum atomic E-state index is -1.74. The highest BCUT2D eigenvalue weighted by atomic mass is 19.1. The van der Waals surface area contributed by atoms with Crippen LogP contribution in [-0.2, 0) is 20.8 Å². The number of pyridine rings is 1. The molecule has 13 nitrogen and oxygen atoms in total. The number of imide groups is 1. The average Bonchev–Trinajstić information content (AvgIpc) is 2.90. The summed E-state index contributed by atoms with van der Waals surface area (Å²) in [5.74, 6) is -5.41. The van der Waals surface area contributed by atoms with Crippen molar-refractivity contribution in [2.45, 2.75) is 31.6 Å². The molecule has 0 saturated carbocycles. The number of piperazine rings is 1. The molecule has 3 heterocycles. The SMILES string of the molecule is CC(=O)c1cccc2c1OB(O)[C@@H](CC(=O)[C@@H](NC(=O)N1CCN(CCN)C(=O)C1=O)c1ncc(O)cc1F)C2. The summed E-state index contributed by atoms with van der Waals surface area (Å²) in [5, 5.41) is 22.5. The van der Waals surface area contributed by atoms with Gasteiger partial charge in [0, 0.05) is 44.5 Å². The topological polar surface area (TPSA) is 192 Å². The van der Waals surface area contributed by atoms with Gasteiger partial charge in [-0.15, -0.1) is 0 Å². The number of halogens is 1. The number of urea groups is 1. The molecular weight excluding hydrogens is 528 g/mol. The van der Waals surface area contributed by atoms with Crippen molar-refractivity contribution in [1.82, 2.24) is 20.1 Å². The van der Waals surface area contributed by atoms with Crippen LogP contribution in [0.1, 0.15) is 41.0 Å². The minimum absolute atomic E-state index is 0.0207. The van der Waals surface area contributed by atoms with E-state index in [9.17, 15) is 38.5 Å². The molecule has 1 aromatic heterocycles. The van der Waals surface area contributed by atoms with Crippen molar-refractivity contribution in [2.75, 3.05) is 26.2 Å². The van der Waals surface area contributed by atoms with Crippen molar-refractivity contribution < 1.29 is 43.1 Å². The monoisotopic (exact) mass is 555 g/mol. The van der Waals surface area contributed by atoms with Gasteiger partial charge in [0.05, 0.1) is 11.8 Å². The van der Waals surface area contributed by atoms with Gasteiger partial charge >= 0.3 is 25.0 Å². The number of Topliss-reactive ketones (excluding diaryl/α,β-unsaturated/α-hetero) is 2. The van der Waals surface area contributed by atoms with E-state index in [2.05, 4.69) is 10.3 Å². The lowest BCUT2D eigenvalue weighted by Gasteiger charge is -2.33. The number of benzene rings is 1. The first-order valence-electron chi connectivity index (χ1n) is 12.5. The molecule has 15 heteroatoms. The third-order valence-corrected chi connectivity index (χ3v) is 6.73. The Morgan fingerprint density at radius 2 is 2.02 bits per heavy atom. The highest BCUT2D eigenvalue weighted by Crippen LogP contribution is 2.37. The Hall–Kier alpha value is -4.37. The van der Waals surface area contributed by atoms with Gasteiger partial charge in [0.25, 0.3) is 0 Å². The standard InChI is InChI=1S/C25H27BFN5O8/c1-13(33)17-4-2-3-14-9-15(26(39)40-22(14)17)10-19(35)21(20-18(27)11-16(34)12-29-20)30-25(38)32-8-7-31(6-5-28)23(36)24(32)37/h2-4,11-12,15,21,34,39H,5-10,28H2,1H3,(H,30,38)/t15-,21-/m1/s1. The molecule has 40 heavy (non-hydrogen) atoms. The third kappa shape index (κ3) is 5.79. The zero-order chi connectivity index (χ0) is 29.1. The van der Waals surface area contributed by atoms with E-state index >= 15 is 0 Å². The van der Waals surface area contributed by atoms with Gasteiger partial charge in [0.1, 0.15) is 23.2 Å². The number of hydrogen-bond donors (Lipinski definition) is 4. The number of carbonyl (C=O) groups is 5. The third-order valence-electron chi connectivity index (χ3n) is 6.73. The number of nitrogens with two attached hydrogens (primary N) is 1. The number of nitrogens with zero attached hydrogens (tertiary/aromatic N) is 3. The second kappa shape index (κ2) is 11.8.